The van der Waals surface area contributed by atoms with Gasteiger partial charge in [-0.15, -0.1) is 0 Å². The van der Waals surface area contributed by atoms with Crippen molar-refractivity contribution in [3.05, 3.63) is 0 Å². The van der Waals surface area contributed by atoms with Gasteiger partial charge >= 0.3 is 0 Å². The molecule has 0 aliphatic heterocycles. The maximum absolute atomic E-state index is 10.4. The van der Waals surface area contributed by atoms with Crippen molar-refractivity contribution in [2.24, 2.45) is 5.73 Å². The van der Waals surface area contributed by atoms with E-state index in [0.717, 1.165) is 32.5 Å². The number of rotatable bonds is 8. The molecule has 0 aromatic carbocycles. The molecule has 0 unspecified atom stereocenters. The molecule has 0 bridgehead atoms. The summed E-state index contributed by atoms with van der Waals surface area (Å²) in [6.07, 6.45) is 3.77. The van der Waals surface area contributed by atoms with Gasteiger partial charge < -0.3 is 10.6 Å². The highest BCUT2D eigenvalue weighted by Crippen LogP contribution is 2.01. The van der Waals surface area contributed by atoms with E-state index in [9.17, 15) is 4.79 Å². The highest BCUT2D eigenvalue weighted by molar-refractivity contribution is 5.73. The lowest BCUT2D eigenvalue weighted by atomic mass is 10.2. The molecule has 0 atom stereocenters. The molecule has 0 aliphatic carbocycles. The summed E-state index contributed by atoms with van der Waals surface area (Å²) in [6.45, 7) is 7.73. The van der Waals surface area contributed by atoms with Gasteiger partial charge in [0.05, 0.1) is 0 Å². The average molecular weight is 186 g/mol. The summed E-state index contributed by atoms with van der Waals surface area (Å²) >= 11 is 0. The second kappa shape index (κ2) is 8.05. The molecule has 13 heavy (non-hydrogen) atoms. The number of nitrogens with two attached hydrogens (primary N) is 1. The van der Waals surface area contributed by atoms with Gasteiger partial charge in [0.2, 0.25) is 5.91 Å². The maximum Gasteiger partial charge on any atom is 0.217 e. The molecule has 78 valence electrons. The molecule has 0 spiro atoms. The van der Waals surface area contributed by atoms with Gasteiger partial charge in [-0.25, -0.2) is 0 Å². The van der Waals surface area contributed by atoms with E-state index in [0.29, 0.717) is 6.42 Å². The minimum Gasteiger partial charge on any atom is -0.370 e. The molecule has 0 rings (SSSR count). The molecule has 0 saturated carbocycles. The Labute approximate surface area is 81.3 Å². The van der Waals surface area contributed by atoms with Gasteiger partial charge in [0.1, 0.15) is 0 Å². The maximum atomic E-state index is 10.4. The number of carbonyl (C=O) groups is 1. The number of amides is 1. The predicted octanol–water partition coefficient (Wildman–Crippen LogP) is 1.37. The number of nitrogens with zero attached hydrogens (tertiary/aromatic N) is 1. The van der Waals surface area contributed by atoms with Crippen LogP contribution in [0.4, 0.5) is 0 Å². The Morgan fingerprint density at radius 1 is 1.15 bits per heavy atom. The molecule has 0 aliphatic rings. The largest absolute Gasteiger partial charge is 0.370 e. The summed E-state index contributed by atoms with van der Waals surface area (Å²) in [7, 11) is 0. The first-order chi connectivity index (χ1) is 6.20. The molecule has 0 heterocycles. The van der Waals surface area contributed by atoms with E-state index in [2.05, 4.69) is 18.7 Å². The van der Waals surface area contributed by atoms with E-state index >= 15 is 0 Å². The Kier molecular flexibility index (Phi) is 7.69. The van der Waals surface area contributed by atoms with Crippen molar-refractivity contribution in [2.75, 3.05) is 19.6 Å². The second-order valence-corrected chi connectivity index (χ2v) is 3.30. The SMILES string of the molecule is CCN(CC)CCCCCC(N)=O. The van der Waals surface area contributed by atoms with Crippen molar-refractivity contribution in [3.63, 3.8) is 0 Å². The van der Waals surface area contributed by atoms with Gasteiger partial charge in [-0.3, -0.25) is 4.79 Å². The summed E-state index contributed by atoms with van der Waals surface area (Å²) in [5.74, 6) is -0.178. The highest BCUT2D eigenvalue weighted by atomic mass is 16.1. The number of unbranched alkanes of at least 4 members (excludes halogenated alkanes) is 2. The molecule has 1 amide bonds. The van der Waals surface area contributed by atoms with Crippen molar-refractivity contribution in [3.8, 4) is 0 Å². The van der Waals surface area contributed by atoms with Crippen LogP contribution in [0.1, 0.15) is 39.5 Å². The van der Waals surface area contributed by atoms with Gasteiger partial charge in [-0.1, -0.05) is 20.3 Å². The Morgan fingerprint density at radius 3 is 2.23 bits per heavy atom. The third-order valence-electron chi connectivity index (χ3n) is 2.29. The Hall–Kier alpha value is -0.570. The summed E-state index contributed by atoms with van der Waals surface area (Å²) in [4.78, 5) is 12.8. The lowest BCUT2D eigenvalue weighted by Crippen LogP contribution is -2.23. The number of carbonyl (C=O) groups excluding carboxylic acids is 1. The van der Waals surface area contributed by atoms with Crippen LogP contribution in [0.25, 0.3) is 0 Å². The van der Waals surface area contributed by atoms with Crippen molar-refractivity contribution in [2.45, 2.75) is 39.5 Å². The Bertz CT molecular complexity index is 133. The van der Waals surface area contributed by atoms with E-state index in [1.54, 1.807) is 0 Å². The van der Waals surface area contributed by atoms with E-state index in [4.69, 9.17) is 5.73 Å². The van der Waals surface area contributed by atoms with Gasteiger partial charge in [0.25, 0.3) is 0 Å². The van der Waals surface area contributed by atoms with Crippen LogP contribution in [0.15, 0.2) is 0 Å². The van der Waals surface area contributed by atoms with Crippen LogP contribution >= 0.6 is 0 Å². The fourth-order valence-corrected chi connectivity index (χ4v) is 1.35. The van der Waals surface area contributed by atoms with Crippen LogP contribution in [-0.2, 0) is 4.79 Å². The van der Waals surface area contributed by atoms with E-state index in [1.165, 1.54) is 6.42 Å². The molecule has 0 aromatic rings. The summed E-state index contributed by atoms with van der Waals surface area (Å²) in [5.41, 5.74) is 5.04. The molecule has 0 fully saturated rings. The van der Waals surface area contributed by atoms with Crippen molar-refractivity contribution in [1.82, 2.24) is 4.90 Å². The van der Waals surface area contributed by atoms with Crippen molar-refractivity contribution < 1.29 is 4.79 Å². The van der Waals surface area contributed by atoms with Gasteiger partial charge in [0, 0.05) is 6.42 Å². The number of primary amides is 1. The molecule has 0 aromatic heterocycles. The lowest BCUT2D eigenvalue weighted by molar-refractivity contribution is -0.118. The molecule has 0 saturated heterocycles. The minimum absolute atomic E-state index is 0.178. The fourth-order valence-electron chi connectivity index (χ4n) is 1.35. The van der Waals surface area contributed by atoms with E-state index in [-0.39, 0.29) is 5.91 Å². The van der Waals surface area contributed by atoms with Crippen LogP contribution < -0.4 is 5.73 Å². The average Bonchev–Trinajstić information content (AvgIpc) is 2.11. The first kappa shape index (κ1) is 12.4. The lowest BCUT2D eigenvalue weighted by Gasteiger charge is -2.17. The smallest absolute Gasteiger partial charge is 0.217 e. The number of hydrogen-bond donors (Lipinski definition) is 1. The summed E-state index contributed by atoms with van der Waals surface area (Å²) in [6, 6.07) is 0. The quantitative estimate of drug-likeness (QED) is 0.582. The Morgan fingerprint density at radius 2 is 1.77 bits per heavy atom. The Balaban J connectivity index is 3.19. The zero-order chi connectivity index (χ0) is 10.1. The molecule has 2 N–H and O–H groups in total. The second-order valence-electron chi connectivity index (χ2n) is 3.30. The zero-order valence-corrected chi connectivity index (χ0v) is 8.88. The normalized spacial score (nSPS) is 10.7. The predicted molar refractivity (Wildman–Crippen MR) is 55.5 cm³/mol. The summed E-state index contributed by atoms with van der Waals surface area (Å²) in [5, 5.41) is 0. The van der Waals surface area contributed by atoms with Gasteiger partial charge in [-0.2, -0.15) is 0 Å². The number of hydrogen-bond acceptors (Lipinski definition) is 2. The van der Waals surface area contributed by atoms with Crippen LogP contribution in [0.2, 0.25) is 0 Å². The van der Waals surface area contributed by atoms with Crippen LogP contribution in [0.5, 0.6) is 0 Å². The molecule has 3 heteroatoms. The first-order valence-electron chi connectivity index (χ1n) is 5.21. The first-order valence-corrected chi connectivity index (χ1v) is 5.21. The van der Waals surface area contributed by atoms with Crippen molar-refractivity contribution in [1.29, 1.82) is 0 Å². The van der Waals surface area contributed by atoms with Crippen LogP contribution in [-0.4, -0.2) is 30.4 Å². The summed E-state index contributed by atoms with van der Waals surface area (Å²) < 4.78 is 0. The zero-order valence-electron chi connectivity index (χ0n) is 8.88. The third-order valence-corrected chi connectivity index (χ3v) is 2.29. The standard InChI is InChI=1S/C10H22N2O/c1-3-12(4-2)9-7-5-6-8-10(11)13/h3-9H2,1-2H3,(H2,11,13). The molecular weight excluding hydrogens is 164 g/mol. The van der Waals surface area contributed by atoms with Crippen molar-refractivity contribution >= 4 is 5.91 Å². The molecule has 3 nitrogen and oxygen atoms in total. The molecule has 0 radical (unpaired) electrons. The monoisotopic (exact) mass is 186 g/mol. The van der Waals surface area contributed by atoms with Gasteiger partial charge in [-0.05, 0) is 32.5 Å². The fraction of sp³-hybridized carbons (Fsp3) is 0.900. The topological polar surface area (TPSA) is 46.3 Å². The van der Waals surface area contributed by atoms with Crippen LogP contribution in [0, 0.1) is 0 Å². The van der Waals surface area contributed by atoms with E-state index < -0.39 is 0 Å². The minimum atomic E-state index is -0.178. The highest BCUT2D eigenvalue weighted by Gasteiger charge is 1.98. The van der Waals surface area contributed by atoms with Crippen LogP contribution in [0.3, 0.4) is 0 Å². The van der Waals surface area contributed by atoms with E-state index in [1.807, 2.05) is 0 Å². The third kappa shape index (κ3) is 7.78. The molecular formula is C10H22N2O. The van der Waals surface area contributed by atoms with Gasteiger partial charge in [0.15, 0.2) is 0 Å².